The first-order valence-corrected chi connectivity index (χ1v) is 6.62. The van der Waals surface area contributed by atoms with E-state index in [1.54, 1.807) is 23.2 Å². The van der Waals surface area contributed by atoms with E-state index in [1.807, 2.05) is 0 Å². The Morgan fingerprint density at radius 3 is 3.00 bits per heavy atom. The van der Waals surface area contributed by atoms with Crippen molar-refractivity contribution in [2.75, 3.05) is 13.1 Å². The summed E-state index contributed by atoms with van der Waals surface area (Å²) in [6, 6.07) is 3.25. The molecule has 1 aromatic heterocycles. The third kappa shape index (κ3) is 1.99. The summed E-state index contributed by atoms with van der Waals surface area (Å²) in [6.45, 7) is 1.37. The molecule has 2 fully saturated rings. The van der Waals surface area contributed by atoms with Gasteiger partial charge in [0.15, 0.2) is 0 Å². The van der Waals surface area contributed by atoms with Gasteiger partial charge in [-0.15, -0.1) is 0 Å². The zero-order chi connectivity index (χ0) is 12.7. The van der Waals surface area contributed by atoms with Gasteiger partial charge < -0.3 is 10.0 Å². The van der Waals surface area contributed by atoms with Crippen LogP contribution in [0.3, 0.4) is 0 Å². The topological polar surface area (TPSA) is 53.4 Å². The Morgan fingerprint density at radius 2 is 2.28 bits per heavy atom. The smallest absolute Gasteiger partial charge is 0.272 e. The van der Waals surface area contributed by atoms with Crippen LogP contribution in [0.25, 0.3) is 0 Å². The zero-order valence-corrected chi connectivity index (χ0v) is 10.7. The summed E-state index contributed by atoms with van der Waals surface area (Å²) in [5, 5.41) is 10.4. The van der Waals surface area contributed by atoms with Gasteiger partial charge in [0.2, 0.25) is 0 Å². The lowest BCUT2D eigenvalue weighted by molar-refractivity contribution is 0.0746. The molecule has 96 valence electrons. The highest BCUT2D eigenvalue weighted by atomic mass is 35.5. The summed E-state index contributed by atoms with van der Waals surface area (Å²) < 4.78 is 0. The number of carbonyl (C=O) groups is 1. The number of aliphatic hydroxyl groups is 1. The fourth-order valence-electron chi connectivity index (χ4n) is 3.09. The Bertz CT molecular complexity index is 480. The van der Waals surface area contributed by atoms with E-state index in [4.69, 9.17) is 11.6 Å². The van der Waals surface area contributed by atoms with Crippen molar-refractivity contribution in [1.82, 2.24) is 9.88 Å². The highest BCUT2D eigenvalue weighted by Crippen LogP contribution is 2.38. The first-order chi connectivity index (χ1) is 8.65. The van der Waals surface area contributed by atoms with Crippen LogP contribution in [0.1, 0.15) is 23.3 Å². The normalized spacial score (nSPS) is 30.6. The third-order valence-corrected chi connectivity index (χ3v) is 4.28. The number of fused-ring (bicyclic) bond motifs is 1. The molecule has 18 heavy (non-hydrogen) atoms. The molecule has 0 aromatic carbocycles. The van der Waals surface area contributed by atoms with Crippen molar-refractivity contribution < 1.29 is 9.90 Å². The van der Waals surface area contributed by atoms with Gasteiger partial charge >= 0.3 is 0 Å². The van der Waals surface area contributed by atoms with Gasteiger partial charge in [-0.25, -0.2) is 0 Å². The standard InChI is InChI=1S/C13H15ClN2O2/c14-9-3-4-15-11(5-9)13(18)16-6-8-1-2-12(17)10(8)7-16/h3-5,8,10,12,17H,1-2,6-7H2. The van der Waals surface area contributed by atoms with Gasteiger partial charge in [-0.3, -0.25) is 9.78 Å². The molecular formula is C13H15ClN2O2. The Labute approximate surface area is 111 Å². The maximum atomic E-state index is 12.3. The molecule has 1 aromatic rings. The Hall–Kier alpha value is -1.13. The van der Waals surface area contributed by atoms with Gasteiger partial charge in [-0.05, 0) is 30.9 Å². The van der Waals surface area contributed by atoms with Crippen LogP contribution in [-0.4, -0.2) is 40.1 Å². The van der Waals surface area contributed by atoms with Crippen LogP contribution in [0.5, 0.6) is 0 Å². The molecule has 2 heterocycles. The molecule has 4 nitrogen and oxygen atoms in total. The van der Waals surface area contributed by atoms with Crippen LogP contribution in [0.4, 0.5) is 0 Å². The van der Waals surface area contributed by atoms with Crippen molar-refractivity contribution in [2.24, 2.45) is 11.8 Å². The summed E-state index contributed by atoms with van der Waals surface area (Å²) in [6.07, 6.45) is 3.17. The largest absolute Gasteiger partial charge is 0.393 e. The van der Waals surface area contributed by atoms with Gasteiger partial charge in [0.1, 0.15) is 5.69 Å². The Balaban J connectivity index is 1.75. The number of nitrogens with zero attached hydrogens (tertiary/aromatic N) is 2. The number of rotatable bonds is 1. The van der Waals surface area contributed by atoms with E-state index < -0.39 is 0 Å². The van der Waals surface area contributed by atoms with Gasteiger partial charge in [0.25, 0.3) is 5.91 Å². The van der Waals surface area contributed by atoms with Gasteiger partial charge in [0.05, 0.1) is 6.10 Å². The minimum atomic E-state index is -0.250. The number of hydrogen-bond donors (Lipinski definition) is 1. The lowest BCUT2D eigenvalue weighted by Crippen LogP contribution is -2.31. The molecule has 1 amide bonds. The van der Waals surface area contributed by atoms with E-state index in [9.17, 15) is 9.90 Å². The molecule has 1 aliphatic carbocycles. The summed E-state index contributed by atoms with van der Waals surface area (Å²) >= 11 is 5.86. The van der Waals surface area contributed by atoms with E-state index in [0.29, 0.717) is 23.2 Å². The van der Waals surface area contributed by atoms with Crippen molar-refractivity contribution in [3.63, 3.8) is 0 Å². The van der Waals surface area contributed by atoms with Crippen molar-refractivity contribution in [2.45, 2.75) is 18.9 Å². The van der Waals surface area contributed by atoms with Crippen LogP contribution in [-0.2, 0) is 0 Å². The number of halogens is 1. The minimum absolute atomic E-state index is 0.0842. The summed E-state index contributed by atoms with van der Waals surface area (Å²) in [7, 11) is 0. The van der Waals surface area contributed by atoms with Gasteiger partial charge in [0, 0.05) is 30.2 Å². The van der Waals surface area contributed by atoms with Crippen LogP contribution in [0, 0.1) is 11.8 Å². The average Bonchev–Trinajstić information content (AvgIpc) is 2.91. The van der Waals surface area contributed by atoms with Gasteiger partial charge in [-0.2, -0.15) is 0 Å². The average molecular weight is 267 g/mol. The predicted molar refractivity (Wildman–Crippen MR) is 67.4 cm³/mol. The molecule has 0 radical (unpaired) electrons. The van der Waals surface area contributed by atoms with E-state index in [1.165, 1.54) is 0 Å². The fraction of sp³-hybridized carbons (Fsp3) is 0.538. The van der Waals surface area contributed by atoms with Crippen molar-refractivity contribution in [3.05, 3.63) is 29.0 Å². The van der Waals surface area contributed by atoms with Crippen molar-refractivity contribution in [3.8, 4) is 0 Å². The monoisotopic (exact) mass is 266 g/mol. The Kier molecular flexibility index (Phi) is 2.99. The summed E-state index contributed by atoms with van der Waals surface area (Å²) in [5.41, 5.74) is 0.386. The van der Waals surface area contributed by atoms with Crippen molar-refractivity contribution in [1.29, 1.82) is 0 Å². The maximum absolute atomic E-state index is 12.3. The lowest BCUT2D eigenvalue weighted by Gasteiger charge is -2.17. The van der Waals surface area contributed by atoms with E-state index in [0.717, 1.165) is 19.4 Å². The molecule has 3 atom stereocenters. The highest BCUT2D eigenvalue weighted by molar-refractivity contribution is 6.30. The first-order valence-electron chi connectivity index (χ1n) is 6.24. The number of aliphatic hydroxyl groups excluding tert-OH is 1. The van der Waals surface area contributed by atoms with Crippen molar-refractivity contribution >= 4 is 17.5 Å². The van der Waals surface area contributed by atoms with E-state index in [-0.39, 0.29) is 17.9 Å². The molecule has 1 saturated carbocycles. The molecule has 1 aliphatic heterocycles. The third-order valence-electron chi connectivity index (χ3n) is 4.05. The number of aromatic nitrogens is 1. The van der Waals surface area contributed by atoms with Crippen LogP contribution >= 0.6 is 11.6 Å². The number of carbonyl (C=O) groups excluding carboxylic acids is 1. The molecule has 1 saturated heterocycles. The molecule has 2 aliphatic rings. The molecule has 1 N–H and O–H groups in total. The van der Waals surface area contributed by atoms with Crippen LogP contribution in [0.15, 0.2) is 18.3 Å². The number of likely N-dealkylation sites (tertiary alicyclic amines) is 1. The maximum Gasteiger partial charge on any atom is 0.272 e. The van der Waals surface area contributed by atoms with E-state index in [2.05, 4.69) is 4.98 Å². The number of amides is 1. The zero-order valence-electron chi connectivity index (χ0n) is 9.92. The molecule has 3 rings (SSSR count). The molecule has 0 bridgehead atoms. The Morgan fingerprint density at radius 1 is 1.44 bits per heavy atom. The number of pyridine rings is 1. The first kappa shape index (κ1) is 11.9. The van der Waals surface area contributed by atoms with Crippen LogP contribution in [0.2, 0.25) is 5.02 Å². The second kappa shape index (κ2) is 4.52. The molecular weight excluding hydrogens is 252 g/mol. The van der Waals surface area contributed by atoms with Crippen LogP contribution < -0.4 is 0 Å². The second-order valence-electron chi connectivity index (χ2n) is 5.14. The quantitative estimate of drug-likeness (QED) is 0.840. The number of hydrogen-bond acceptors (Lipinski definition) is 3. The van der Waals surface area contributed by atoms with Gasteiger partial charge in [-0.1, -0.05) is 11.6 Å². The predicted octanol–water partition coefficient (Wildman–Crippen LogP) is 1.58. The fourth-order valence-corrected chi connectivity index (χ4v) is 3.25. The molecule has 5 heteroatoms. The highest BCUT2D eigenvalue weighted by Gasteiger charge is 2.43. The summed E-state index contributed by atoms with van der Waals surface area (Å²) in [5.74, 6) is 0.607. The SMILES string of the molecule is O=C(c1cc(Cl)ccn1)N1CC2CCC(O)C2C1. The van der Waals surface area contributed by atoms with E-state index >= 15 is 0 Å². The summed E-state index contributed by atoms with van der Waals surface area (Å²) in [4.78, 5) is 18.1. The molecule has 3 unspecified atom stereocenters. The second-order valence-corrected chi connectivity index (χ2v) is 5.57. The minimum Gasteiger partial charge on any atom is -0.393 e. The lowest BCUT2D eigenvalue weighted by atomic mass is 10.00. The molecule has 0 spiro atoms.